The lowest BCUT2D eigenvalue weighted by molar-refractivity contribution is 0.487. The Morgan fingerprint density at radius 2 is 1.17 bits per heavy atom. The molecule has 2 aromatic carbocycles. The van der Waals surface area contributed by atoms with Crippen LogP contribution in [0.4, 0.5) is 5.69 Å². The zero-order valence-electron chi connectivity index (χ0n) is 19.2. The standard InChI is InChI=1S/C28H40NP/c1-3-29(4-2)27-21-13-11-19-25(27)26-20-12-14-22-28(26)30(23-15-7-5-8-16-23)24-17-9-6-10-18-24/h11-14,19-24H,3-10,15-18H2,1-2H3. The third-order valence-electron chi connectivity index (χ3n) is 7.42. The van der Waals surface area contributed by atoms with Crippen molar-refractivity contribution >= 4 is 18.9 Å². The highest BCUT2D eigenvalue weighted by Crippen LogP contribution is 2.56. The Morgan fingerprint density at radius 1 is 0.667 bits per heavy atom. The van der Waals surface area contributed by atoms with Crippen molar-refractivity contribution in [1.29, 1.82) is 0 Å². The van der Waals surface area contributed by atoms with Gasteiger partial charge >= 0.3 is 0 Å². The van der Waals surface area contributed by atoms with Gasteiger partial charge in [0.2, 0.25) is 0 Å². The van der Waals surface area contributed by atoms with E-state index in [2.05, 4.69) is 67.3 Å². The summed E-state index contributed by atoms with van der Waals surface area (Å²) < 4.78 is 0. The molecule has 0 aliphatic heterocycles. The van der Waals surface area contributed by atoms with Gasteiger partial charge in [0, 0.05) is 24.3 Å². The molecule has 0 heterocycles. The van der Waals surface area contributed by atoms with Crippen LogP contribution in [0.3, 0.4) is 0 Å². The molecule has 0 N–H and O–H groups in total. The summed E-state index contributed by atoms with van der Waals surface area (Å²) in [6.45, 7) is 6.69. The fourth-order valence-electron chi connectivity index (χ4n) is 5.88. The van der Waals surface area contributed by atoms with Gasteiger partial charge in [-0.3, -0.25) is 0 Å². The molecule has 30 heavy (non-hydrogen) atoms. The van der Waals surface area contributed by atoms with E-state index in [4.69, 9.17) is 0 Å². The SMILES string of the molecule is CCN(CC)c1ccccc1-c1ccccc1P(C1CCCCC1)C1CCCCC1. The molecule has 0 atom stereocenters. The molecule has 0 aromatic heterocycles. The molecule has 0 radical (unpaired) electrons. The third kappa shape index (κ3) is 4.77. The molecule has 1 nitrogen and oxygen atoms in total. The monoisotopic (exact) mass is 421 g/mol. The Kier molecular flexibility index (Phi) is 7.89. The molecule has 0 bridgehead atoms. The van der Waals surface area contributed by atoms with E-state index in [-0.39, 0.29) is 7.92 Å². The summed E-state index contributed by atoms with van der Waals surface area (Å²) in [7, 11) is -0.0952. The molecule has 2 aliphatic rings. The third-order valence-corrected chi connectivity index (χ3v) is 11.0. The molecule has 0 unspecified atom stereocenters. The van der Waals surface area contributed by atoms with Gasteiger partial charge in [0.15, 0.2) is 0 Å². The van der Waals surface area contributed by atoms with Gasteiger partial charge in [-0.25, -0.2) is 0 Å². The Balaban J connectivity index is 1.79. The first-order valence-corrected chi connectivity index (χ1v) is 14.0. The van der Waals surface area contributed by atoms with E-state index in [0.29, 0.717) is 0 Å². The zero-order chi connectivity index (χ0) is 20.8. The van der Waals surface area contributed by atoms with Gasteiger partial charge < -0.3 is 4.90 Å². The van der Waals surface area contributed by atoms with Crippen molar-refractivity contribution in [2.75, 3.05) is 18.0 Å². The summed E-state index contributed by atoms with van der Waals surface area (Å²) >= 11 is 0. The summed E-state index contributed by atoms with van der Waals surface area (Å²) in [6.07, 6.45) is 14.6. The number of anilines is 1. The molecular formula is C28H40NP. The maximum Gasteiger partial charge on any atom is 0.0445 e. The van der Waals surface area contributed by atoms with Crippen molar-refractivity contribution in [3.8, 4) is 11.1 Å². The number of benzene rings is 2. The Labute approximate surface area is 186 Å². The predicted octanol–water partition coefficient (Wildman–Crippen LogP) is 7.97. The summed E-state index contributed by atoms with van der Waals surface area (Å²) in [6, 6.07) is 18.7. The van der Waals surface area contributed by atoms with E-state index in [9.17, 15) is 0 Å². The second kappa shape index (κ2) is 10.8. The van der Waals surface area contributed by atoms with E-state index in [1.54, 1.807) is 5.30 Å². The van der Waals surface area contributed by atoms with Crippen LogP contribution in [-0.2, 0) is 0 Å². The van der Waals surface area contributed by atoms with Crippen LogP contribution in [0.15, 0.2) is 48.5 Å². The topological polar surface area (TPSA) is 3.24 Å². The summed E-state index contributed by atoms with van der Waals surface area (Å²) in [4.78, 5) is 2.52. The molecule has 4 rings (SSSR count). The maximum absolute atomic E-state index is 2.52. The zero-order valence-corrected chi connectivity index (χ0v) is 20.0. The fraction of sp³-hybridized carbons (Fsp3) is 0.571. The Bertz CT molecular complexity index is 767. The van der Waals surface area contributed by atoms with E-state index in [1.807, 2.05) is 0 Å². The van der Waals surface area contributed by atoms with E-state index in [0.717, 1.165) is 24.4 Å². The van der Waals surface area contributed by atoms with Crippen molar-refractivity contribution < 1.29 is 0 Å². The molecule has 2 heteroatoms. The molecule has 162 valence electrons. The van der Waals surface area contributed by atoms with Gasteiger partial charge in [0.05, 0.1) is 0 Å². The first-order chi connectivity index (χ1) is 14.8. The minimum atomic E-state index is -0.0952. The van der Waals surface area contributed by atoms with Crippen LogP contribution in [0, 0.1) is 0 Å². The maximum atomic E-state index is 2.52. The van der Waals surface area contributed by atoms with Crippen LogP contribution in [0.25, 0.3) is 11.1 Å². The van der Waals surface area contributed by atoms with Crippen molar-refractivity contribution in [3.63, 3.8) is 0 Å². The van der Waals surface area contributed by atoms with Crippen LogP contribution < -0.4 is 10.2 Å². The van der Waals surface area contributed by atoms with Crippen molar-refractivity contribution in [3.05, 3.63) is 48.5 Å². The van der Waals surface area contributed by atoms with Crippen LogP contribution >= 0.6 is 7.92 Å². The molecule has 0 saturated heterocycles. The van der Waals surface area contributed by atoms with E-state index in [1.165, 1.54) is 81.0 Å². The number of hydrogen-bond donors (Lipinski definition) is 0. The Morgan fingerprint density at radius 3 is 1.73 bits per heavy atom. The average Bonchev–Trinajstić information content (AvgIpc) is 2.82. The fourth-order valence-corrected chi connectivity index (χ4v) is 9.84. The molecule has 2 aliphatic carbocycles. The van der Waals surface area contributed by atoms with Crippen molar-refractivity contribution in [2.24, 2.45) is 0 Å². The Hall–Kier alpha value is -1.33. The van der Waals surface area contributed by atoms with Gasteiger partial charge in [-0.15, -0.1) is 0 Å². The summed E-state index contributed by atoms with van der Waals surface area (Å²) in [5.41, 5.74) is 6.28. The predicted molar refractivity (Wildman–Crippen MR) is 136 cm³/mol. The highest BCUT2D eigenvalue weighted by Gasteiger charge is 2.33. The van der Waals surface area contributed by atoms with Gasteiger partial charge in [-0.2, -0.15) is 0 Å². The first-order valence-electron chi connectivity index (χ1n) is 12.5. The van der Waals surface area contributed by atoms with Crippen LogP contribution in [0.1, 0.15) is 78.1 Å². The lowest BCUT2D eigenvalue weighted by Gasteiger charge is -2.40. The van der Waals surface area contributed by atoms with Crippen LogP contribution in [-0.4, -0.2) is 24.4 Å². The van der Waals surface area contributed by atoms with Gasteiger partial charge in [-0.1, -0.05) is 88.9 Å². The van der Waals surface area contributed by atoms with Crippen LogP contribution in [0.5, 0.6) is 0 Å². The average molecular weight is 422 g/mol. The lowest BCUT2D eigenvalue weighted by atomic mass is 9.99. The summed E-state index contributed by atoms with van der Waals surface area (Å²) in [5, 5.41) is 1.71. The number of rotatable bonds is 7. The van der Waals surface area contributed by atoms with Crippen molar-refractivity contribution in [1.82, 2.24) is 0 Å². The second-order valence-corrected chi connectivity index (χ2v) is 12.0. The molecule has 0 amide bonds. The minimum Gasteiger partial charge on any atom is -0.372 e. The molecule has 2 fully saturated rings. The van der Waals surface area contributed by atoms with E-state index >= 15 is 0 Å². The first kappa shape index (κ1) is 21.9. The number of hydrogen-bond acceptors (Lipinski definition) is 1. The minimum absolute atomic E-state index is 0.0952. The largest absolute Gasteiger partial charge is 0.372 e. The molecule has 2 saturated carbocycles. The normalized spacial score (nSPS) is 18.6. The number of para-hydroxylation sites is 1. The van der Waals surface area contributed by atoms with Crippen LogP contribution in [0.2, 0.25) is 0 Å². The quantitative estimate of drug-likeness (QED) is 0.410. The lowest BCUT2D eigenvalue weighted by Crippen LogP contribution is -2.27. The van der Waals surface area contributed by atoms with Gasteiger partial charge in [0.1, 0.15) is 0 Å². The smallest absolute Gasteiger partial charge is 0.0445 e. The number of nitrogens with zero attached hydrogens (tertiary/aromatic N) is 1. The van der Waals surface area contributed by atoms with E-state index < -0.39 is 0 Å². The van der Waals surface area contributed by atoms with Crippen molar-refractivity contribution in [2.45, 2.75) is 89.4 Å². The highest BCUT2D eigenvalue weighted by molar-refractivity contribution is 7.67. The molecular weight excluding hydrogens is 381 g/mol. The highest BCUT2D eigenvalue weighted by atomic mass is 31.1. The molecule has 2 aromatic rings. The van der Waals surface area contributed by atoms with Gasteiger partial charge in [0.25, 0.3) is 0 Å². The molecule has 0 spiro atoms. The van der Waals surface area contributed by atoms with Gasteiger partial charge in [-0.05, 0) is 67.8 Å². The second-order valence-electron chi connectivity index (χ2n) is 9.20. The summed E-state index contributed by atoms with van der Waals surface area (Å²) in [5.74, 6) is 0.